The lowest BCUT2D eigenvalue weighted by molar-refractivity contribution is -0.0498. The number of alkyl halides is 2. The van der Waals surface area contributed by atoms with Crippen molar-refractivity contribution in [3.8, 4) is 11.4 Å². The molecule has 0 aliphatic rings. The van der Waals surface area contributed by atoms with E-state index in [0.717, 1.165) is 0 Å². The number of hydrogen-bond donors (Lipinski definition) is 1. The molecule has 1 aromatic carbocycles. The van der Waals surface area contributed by atoms with Gasteiger partial charge in [-0.3, -0.25) is 0 Å². The summed E-state index contributed by atoms with van der Waals surface area (Å²) in [4.78, 5) is 11.0. The van der Waals surface area contributed by atoms with Crippen LogP contribution in [0.3, 0.4) is 0 Å². The Morgan fingerprint density at radius 3 is 2.55 bits per heavy atom. The van der Waals surface area contributed by atoms with Gasteiger partial charge in [-0.25, -0.2) is 9.48 Å². The van der Waals surface area contributed by atoms with E-state index in [2.05, 4.69) is 15.0 Å². The number of carbonyl (C=O) groups is 1. The molecule has 0 aliphatic carbocycles. The van der Waals surface area contributed by atoms with Crippen molar-refractivity contribution in [3.05, 3.63) is 35.7 Å². The maximum atomic E-state index is 12.0. The van der Waals surface area contributed by atoms with Gasteiger partial charge in [0.1, 0.15) is 5.75 Å². The molecule has 0 aliphatic heterocycles. The van der Waals surface area contributed by atoms with Crippen LogP contribution in [0.1, 0.15) is 23.1 Å². The standard InChI is InChI=1S/C12H11F2N3O3/c1-2-9-10(11(18)19)15-16-17(9)7-3-5-8(6-4-7)20-12(13)14/h3-6,12H,2H2,1H3,(H,18,19). The molecule has 0 radical (unpaired) electrons. The van der Waals surface area contributed by atoms with Crippen LogP contribution in [-0.2, 0) is 6.42 Å². The second-order valence-corrected chi connectivity index (χ2v) is 3.83. The van der Waals surface area contributed by atoms with Gasteiger partial charge in [-0.1, -0.05) is 12.1 Å². The molecule has 1 N–H and O–H groups in total. The fraction of sp³-hybridized carbons (Fsp3) is 0.250. The van der Waals surface area contributed by atoms with Gasteiger partial charge in [0.2, 0.25) is 0 Å². The predicted molar refractivity (Wildman–Crippen MR) is 64.3 cm³/mol. The number of benzene rings is 1. The zero-order valence-corrected chi connectivity index (χ0v) is 10.5. The Kier molecular flexibility index (Phi) is 3.92. The number of carboxylic acid groups (broad SMARTS) is 1. The second-order valence-electron chi connectivity index (χ2n) is 3.83. The van der Waals surface area contributed by atoms with Crippen LogP contribution in [0.2, 0.25) is 0 Å². The van der Waals surface area contributed by atoms with E-state index >= 15 is 0 Å². The van der Waals surface area contributed by atoms with Crippen LogP contribution in [0, 0.1) is 0 Å². The minimum atomic E-state index is -2.89. The molecule has 1 aromatic heterocycles. The minimum Gasteiger partial charge on any atom is -0.476 e. The average molecular weight is 283 g/mol. The Labute approximate surface area is 112 Å². The molecule has 0 bridgehead atoms. The van der Waals surface area contributed by atoms with Crippen molar-refractivity contribution in [1.82, 2.24) is 15.0 Å². The quantitative estimate of drug-likeness (QED) is 0.909. The lowest BCUT2D eigenvalue weighted by atomic mass is 10.2. The van der Waals surface area contributed by atoms with Crippen LogP contribution in [0.4, 0.5) is 8.78 Å². The summed E-state index contributed by atoms with van der Waals surface area (Å²) in [7, 11) is 0. The number of halogens is 2. The normalized spacial score (nSPS) is 10.8. The molecule has 2 rings (SSSR count). The zero-order valence-electron chi connectivity index (χ0n) is 10.5. The Morgan fingerprint density at radius 1 is 1.40 bits per heavy atom. The van der Waals surface area contributed by atoms with Crippen molar-refractivity contribution < 1.29 is 23.4 Å². The van der Waals surface area contributed by atoms with E-state index < -0.39 is 12.6 Å². The predicted octanol–water partition coefficient (Wildman–Crippen LogP) is 2.13. The number of carboxylic acids is 1. The Bertz CT molecular complexity index is 611. The van der Waals surface area contributed by atoms with E-state index in [4.69, 9.17) is 5.11 Å². The van der Waals surface area contributed by atoms with Crippen LogP contribution in [0.5, 0.6) is 5.75 Å². The SMILES string of the molecule is CCc1c(C(=O)O)nnn1-c1ccc(OC(F)F)cc1. The molecule has 0 saturated carbocycles. The highest BCUT2D eigenvalue weighted by molar-refractivity contribution is 5.86. The highest BCUT2D eigenvalue weighted by Gasteiger charge is 2.18. The maximum absolute atomic E-state index is 12.0. The lowest BCUT2D eigenvalue weighted by Crippen LogP contribution is -2.06. The van der Waals surface area contributed by atoms with Gasteiger partial charge in [-0.05, 0) is 30.7 Å². The first kappa shape index (κ1) is 13.9. The first-order valence-electron chi connectivity index (χ1n) is 5.76. The molecule has 20 heavy (non-hydrogen) atoms. The topological polar surface area (TPSA) is 77.2 Å². The van der Waals surface area contributed by atoms with Crippen molar-refractivity contribution >= 4 is 5.97 Å². The fourth-order valence-electron chi connectivity index (χ4n) is 1.76. The van der Waals surface area contributed by atoms with Crippen LogP contribution < -0.4 is 4.74 Å². The molecule has 106 valence electrons. The van der Waals surface area contributed by atoms with Gasteiger partial charge in [0.05, 0.1) is 11.4 Å². The summed E-state index contributed by atoms with van der Waals surface area (Å²) in [5.74, 6) is -1.15. The van der Waals surface area contributed by atoms with Crippen LogP contribution in [-0.4, -0.2) is 32.7 Å². The minimum absolute atomic E-state index is 0.0142. The molecule has 2 aromatic rings. The summed E-state index contributed by atoms with van der Waals surface area (Å²) in [6.07, 6.45) is 0.421. The summed E-state index contributed by atoms with van der Waals surface area (Å²) >= 11 is 0. The summed E-state index contributed by atoms with van der Waals surface area (Å²) in [5, 5.41) is 16.3. The first-order valence-corrected chi connectivity index (χ1v) is 5.76. The van der Waals surface area contributed by atoms with E-state index in [0.29, 0.717) is 17.8 Å². The summed E-state index contributed by atoms with van der Waals surface area (Å²) in [6.45, 7) is -1.12. The monoisotopic (exact) mass is 283 g/mol. The molecule has 0 amide bonds. The molecule has 0 saturated heterocycles. The Morgan fingerprint density at radius 2 is 2.05 bits per heavy atom. The number of ether oxygens (including phenoxy) is 1. The maximum Gasteiger partial charge on any atom is 0.387 e. The highest BCUT2D eigenvalue weighted by Crippen LogP contribution is 2.19. The Hall–Kier alpha value is -2.51. The average Bonchev–Trinajstić information content (AvgIpc) is 2.82. The van der Waals surface area contributed by atoms with Gasteiger partial charge >= 0.3 is 12.6 Å². The van der Waals surface area contributed by atoms with Crippen molar-refractivity contribution in [1.29, 1.82) is 0 Å². The van der Waals surface area contributed by atoms with Crippen molar-refractivity contribution in [2.75, 3.05) is 0 Å². The lowest BCUT2D eigenvalue weighted by Gasteiger charge is -2.07. The molecule has 8 heteroatoms. The number of aromatic carboxylic acids is 1. The third-order valence-electron chi connectivity index (χ3n) is 2.61. The van der Waals surface area contributed by atoms with E-state index in [1.165, 1.54) is 28.9 Å². The van der Waals surface area contributed by atoms with Gasteiger partial charge in [0, 0.05) is 0 Å². The summed E-state index contributed by atoms with van der Waals surface area (Å²) in [6, 6.07) is 5.69. The fourth-order valence-corrected chi connectivity index (χ4v) is 1.76. The second kappa shape index (κ2) is 5.64. The van der Waals surface area contributed by atoms with E-state index in [-0.39, 0.29) is 11.4 Å². The molecule has 0 spiro atoms. The molecular formula is C12H11F2N3O3. The smallest absolute Gasteiger partial charge is 0.387 e. The molecule has 1 heterocycles. The van der Waals surface area contributed by atoms with Crippen molar-refractivity contribution in [2.45, 2.75) is 20.0 Å². The van der Waals surface area contributed by atoms with E-state index in [9.17, 15) is 13.6 Å². The van der Waals surface area contributed by atoms with Gasteiger partial charge in [-0.15, -0.1) is 5.10 Å². The number of rotatable bonds is 5. The molecule has 0 fully saturated rings. The van der Waals surface area contributed by atoms with Crippen LogP contribution in [0.25, 0.3) is 5.69 Å². The van der Waals surface area contributed by atoms with E-state index in [1.54, 1.807) is 6.92 Å². The van der Waals surface area contributed by atoms with Gasteiger partial charge in [-0.2, -0.15) is 8.78 Å². The van der Waals surface area contributed by atoms with Crippen LogP contribution in [0.15, 0.2) is 24.3 Å². The first-order chi connectivity index (χ1) is 9.52. The molecule has 0 atom stereocenters. The third-order valence-corrected chi connectivity index (χ3v) is 2.61. The van der Waals surface area contributed by atoms with Gasteiger partial charge in [0.25, 0.3) is 0 Å². The third kappa shape index (κ3) is 2.73. The molecular weight excluding hydrogens is 272 g/mol. The van der Waals surface area contributed by atoms with Crippen molar-refractivity contribution in [2.24, 2.45) is 0 Å². The number of nitrogens with zero attached hydrogens (tertiary/aromatic N) is 3. The number of aromatic nitrogens is 3. The van der Waals surface area contributed by atoms with Gasteiger partial charge < -0.3 is 9.84 Å². The Balaban J connectivity index is 2.34. The van der Waals surface area contributed by atoms with E-state index in [1.807, 2.05) is 0 Å². The summed E-state index contributed by atoms with van der Waals surface area (Å²) in [5.41, 5.74) is 0.823. The van der Waals surface area contributed by atoms with Crippen LogP contribution >= 0.6 is 0 Å². The highest BCUT2D eigenvalue weighted by atomic mass is 19.3. The zero-order chi connectivity index (χ0) is 14.7. The summed E-state index contributed by atoms with van der Waals surface area (Å²) < 4.78 is 29.7. The largest absolute Gasteiger partial charge is 0.476 e. The molecule has 0 unspecified atom stereocenters. The van der Waals surface area contributed by atoms with Crippen molar-refractivity contribution in [3.63, 3.8) is 0 Å². The molecule has 6 nitrogen and oxygen atoms in total. The van der Waals surface area contributed by atoms with Gasteiger partial charge in [0.15, 0.2) is 5.69 Å². The number of hydrogen-bond acceptors (Lipinski definition) is 4.